The average Bonchev–Trinajstić information content (AvgIpc) is 2.97. The number of piperidine rings is 1. The molecule has 2 aliphatic heterocycles. The number of anilines is 1. The Hall–Kier alpha value is -3.25. The van der Waals surface area contributed by atoms with E-state index >= 15 is 0 Å². The molecular weight excluding hydrogens is 444 g/mol. The molecule has 3 aromatic rings. The number of carbonyl (C=O) groups excluding carboxylic acids is 2. The number of amides is 2. The maximum absolute atomic E-state index is 13.4. The van der Waals surface area contributed by atoms with Crippen molar-refractivity contribution in [1.82, 2.24) is 4.90 Å². The first-order chi connectivity index (χ1) is 16.6. The minimum atomic E-state index is -1.49. The van der Waals surface area contributed by atoms with Crippen LogP contribution in [0.4, 0.5) is 5.69 Å². The fourth-order valence-electron chi connectivity index (χ4n) is 4.98. The number of carbonyl (C=O) groups is 2. The molecule has 1 atom stereocenters. The van der Waals surface area contributed by atoms with E-state index in [1.807, 2.05) is 17.9 Å². The summed E-state index contributed by atoms with van der Waals surface area (Å²) in [7, 11) is -1.49. The zero-order valence-corrected chi connectivity index (χ0v) is 20.1. The van der Waals surface area contributed by atoms with E-state index in [0.29, 0.717) is 39.1 Å². The largest absolute Gasteiger partial charge is 0.339 e. The van der Waals surface area contributed by atoms with E-state index in [1.165, 1.54) is 5.56 Å². The van der Waals surface area contributed by atoms with Crippen molar-refractivity contribution in [1.29, 1.82) is 0 Å². The van der Waals surface area contributed by atoms with Crippen molar-refractivity contribution in [3.05, 3.63) is 89.5 Å². The van der Waals surface area contributed by atoms with Crippen molar-refractivity contribution in [2.75, 3.05) is 24.5 Å². The lowest BCUT2D eigenvalue weighted by atomic mass is 9.90. The smallest absolute Gasteiger partial charge is 0.259 e. The SMILES string of the molecule is CCN1C(=O)c2ccccc2S(=O)c2ccc(C(=O)N3CCC(Cc4ccccc4)CC3)cc21. The van der Waals surface area contributed by atoms with Gasteiger partial charge in [-0.3, -0.25) is 9.59 Å². The van der Waals surface area contributed by atoms with Gasteiger partial charge in [-0.15, -0.1) is 0 Å². The lowest BCUT2D eigenvalue weighted by Gasteiger charge is -2.32. The zero-order valence-electron chi connectivity index (χ0n) is 19.3. The van der Waals surface area contributed by atoms with Crippen molar-refractivity contribution in [3.8, 4) is 0 Å². The van der Waals surface area contributed by atoms with Crippen molar-refractivity contribution >= 4 is 28.3 Å². The summed E-state index contributed by atoms with van der Waals surface area (Å²) in [4.78, 5) is 31.2. The van der Waals surface area contributed by atoms with Crippen molar-refractivity contribution in [2.24, 2.45) is 5.92 Å². The third-order valence-corrected chi connectivity index (χ3v) is 8.34. The molecule has 5 nitrogen and oxygen atoms in total. The molecule has 0 aliphatic carbocycles. The van der Waals surface area contributed by atoms with Crippen molar-refractivity contribution < 1.29 is 13.8 Å². The second kappa shape index (κ2) is 9.55. The molecule has 5 rings (SSSR count). The molecule has 0 saturated carbocycles. The number of hydrogen-bond donors (Lipinski definition) is 0. The van der Waals surface area contributed by atoms with E-state index in [-0.39, 0.29) is 11.8 Å². The van der Waals surface area contributed by atoms with Gasteiger partial charge >= 0.3 is 0 Å². The second-order valence-corrected chi connectivity index (χ2v) is 10.3. The highest BCUT2D eigenvalue weighted by molar-refractivity contribution is 7.85. The molecule has 2 heterocycles. The Bertz CT molecular complexity index is 1250. The Labute approximate surface area is 202 Å². The van der Waals surface area contributed by atoms with Gasteiger partial charge in [0.25, 0.3) is 11.8 Å². The zero-order chi connectivity index (χ0) is 23.7. The van der Waals surface area contributed by atoms with E-state index in [4.69, 9.17) is 0 Å². The van der Waals surface area contributed by atoms with Crippen LogP contribution in [0, 0.1) is 5.92 Å². The number of rotatable bonds is 4. The van der Waals surface area contributed by atoms with Gasteiger partial charge in [-0.25, -0.2) is 4.21 Å². The van der Waals surface area contributed by atoms with Crippen LogP contribution in [0.3, 0.4) is 0 Å². The first kappa shape index (κ1) is 22.5. The molecule has 3 aromatic carbocycles. The molecule has 1 unspecified atom stereocenters. The Morgan fingerprint density at radius 1 is 0.941 bits per heavy atom. The molecule has 1 saturated heterocycles. The summed E-state index contributed by atoms with van der Waals surface area (Å²) in [6.07, 6.45) is 3.00. The van der Waals surface area contributed by atoms with Gasteiger partial charge in [0.15, 0.2) is 0 Å². The number of hydrogen-bond acceptors (Lipinski definition) is 3. The molecule has 174 valence electrons. The van der Waals surface area contributed by atoms with Gasteiger partial charge in [-0.05, 0) is 68.0 Å². The van der Waals surface area contributed by atoms with E-state index in [0.717, 1.165) is 32.4 Å². The Balaban J connectivity index is 1.36. The molecular formula is C28H28N2O3S. The molecule has 2 aliphatic rings. The van der Waals surface area contributed by atoms with Gasteiger partial charge in [-0.2, -0.15) is 0 Å². The van der Waals surface area contributed by atoms with Crippen LogP contribution in [0.25, 0.3) is 0 Å². The number of likely N-dealkylation sites (tertiary alicyclic amines) is 1. The summed E-state index contributed by atoms with van der Waals surface area (Å²) < 4.78 is 13.3. The quantitative estimate of drug-likeness (QED) is 0.541. The third-order valence-electron chi connectivity index (χ3n) is 6.84. The number of benzene rings is 3. The van der Waals surface area contributed by atoms with Crippen LogP contribution in [-0.4, -0.2) is 40.6 Å². The molecule has 0 radical (unpaired) electrons. The minimum Gasteiger partial charge on any atom is -0.339 e. The topological polar surface area (TPSA) is 57.7 Å². The maximum Gasteiger partial charge on any atom is 0.259 e. The minimum absolute atomic E-state index is 0.0305. The number of fused-ring (bicyclic) bond motifs is 2. The van der Waals surface area contributed by atoms with Crippen LogP contribution < -0.4 is 4.90 Å². The average molecular weight is 473 g/mol. The van der Waals surface area contributed by atoms with Gasteiger partial charge in [-0.1, -0.05) is 42.5 Å². The van der Waals surface area contributed by atoms with Crippen LogP contribution in [0.2, 0.25) is 0 Å². The maximum atomic E-state index is 13.4. The normalized spacial score (nSPS) is 18.3. The Kier molecular flexibility index (Phi) is 6.33. The van der Waals surface area contributed by atoms with Gasteiger partial charge in [0, 0.05) is 25.2 Å². The van der Waals surface area contributed by atoms with Crippen LogP contribution >= 0.6 is 0 Å². The van der Waals surface area contributed by atoms with E-state index in [9.17, 15) is 13.8 Å². The van der Waals surface area contributed by atoms with Crippen LogP contribution in [0.15, 0.2) is 82.6 Å². The second-order valence-electron chi connectivity index (χ2n) is 8.92. The van der Waals surface area contributed by atoms with E-state index in [1.54, 1.807) is 47.4 Å². The Morgan fingerprint density at radius 2 is 1.65 bits per heavy atom. The molecule has 0 bridgehead atoms. The standard InChI is InChI=1S/C28H28N2O3S/c1-2-30-24-19-22(12-13-26(24)34(33)25-11-7-6-10-23(25)28(30)32)27(31)29-16-14-21(15-17-29)18-20-8-4-3-5-9-20/h3-13,19,21H,2,14-18H2,1H3. The summed E-state index contributed by atoms with van der Waals surface area (Å²) in [6.45, 7) is 3.77. The van der Waals surface area contributed by atoms with Gasteiger partial charge < -0.3 is 9.80 Å². The Morgan fingerprint density at radius 3 is 2.38 bits per heavy atom. The van der Waals surface area contributed by atoms with Gasteiger partial charge in [0.05, 0.1) is 31.8 Å². The highest BCUT2D eigenvalue weighted by Gasteiger charge is 2.31. The molecule has 6 heteroatoms. The summed E-state index contributed by atoms with van der Waals surface area (Å²) in [5.74, 6) is 0.362. The monoisotopic (exact) mass is 472 g/mol. The summed E-state index contributed by atoms with van der Waals surface area (Å²) >= 11 is 0. The molecule has 34 heavy (non-hydrogen) atoms. The molecule has 1 fully saturated rings. The lowest BCUT2D eigenvalue weighted by Crippen LogP contribution is -2.39. The lowest BCUT2D eigenvalue weighted by molar-refractivity contribution is 0.0690. The van der Waals surface area contributed by atoms with Crippen molar-refractivity contribution in [3.63, 3.8) is 0 Å². The van der Waals surface area contributed by atoms with Crippen LogP contribution in [0.1, 0.15) is 46.0 Å². The molecule has 0 aromatic heterocycles. The molecule has 0 N–H and O–H groups in total. The highest BCUT2D eigenvalue weighted by Crippen LogP contribution is 2.35. The van der Waals surface area contributed by atoms with Gasteiger partial charge in [0.2, 0.25) is 0 Å². The summed E-state index contributed by atoms with van der Waals surface area (Å²) in [6, 6.07) is 22.8. The first-order valence-corrected chi connectivity index (χ1v) is 13.0. The molecule has 0 spiro atoms. The summed E-state index contributed by atoms with van der Waals surface area (Å²) in [5.41, 5.74) is 2.89. The summed E-state index contributed by atoms with van der Waals surface area (Å²) in [5, 5.41) is 0. The highest BCUT2D eigenvalue weighted by atomic mass is 32.2. The van der Waals surface area contributed by atoms with Crippen LogP contribution in [-0.2, 0) is 17.2 Å². The van der Waals surface area contributed by atoms with Crippen LogP contribution in [0.5, 0.6) is 0 Å². The predicted molar refractivity (Wildman–Crippen MR) is 134 cm³/mol. The number of nitrogens with zero attached hydrogens (tertiary/aromatic N) is 2. The van der Waals surface area contributed by atoms with Gasteiger partial charge in [0.1, 0.15) is 0 Å². The first-order valence-electron chi connectivity index (χ1n) is 11.9. The predicted octanol–water partition coefficient (Wildman–Crippen LogP) is 4.93. The van der Waals surface area contributed by atoms with Crippen molar-refractivity contribution in [2.45, 2.75) is 36.0 Å². The fraction of sp³-hybridized carbons (Fsp3) is 0.286. The molecule has 2 amide bonds. The van der Waals surface area contributed by atoms with E-state index in [2.05, 4.69) is 24.3 Å². The fourth-order valence-corrected chi connectivity index (χ4v) is 6.33. The van der Waals surface area contributed by atoms with E-state index < -0.39 is 10.8 Å². The third kappa shape index (κ3) is 4.18.